The van der Waals surface area contributed by atoms with Crippen molar-refractivity contribution in [2.45, 2.75) is 19.8 Å². The molecule has 0 aliphatic carbocycles. The van der Waals surface area contributed by atoms with Crippen molar-refractivity contribution in [2.24, 2.45) is 0 Å². The van der Waals surface area contributed by atoms with E-state index in [1.807, 2.05) is 6.92 Å². The third-order valence-corrected chi connectivity index (χ3v) is 3.46. The summed E-state index contributed by atoms with van der Waals surface area (Å²) in [4.78, 5) is 12.1. The van der Waals surface area contributed by atoms with Gasteiger partial charge < -0.3 is 4.42 Å². The number of hydrogen-bond acceptors (Lipinski definition) is 2. The van der Waals surface area contributed by atoms with Gasteiger partial charge in [-0.05, 0) is 34.1 Å². The number of Topliss-reactive ketones (excluding diaryl/α,β-unsaturated/α-hetero) is 1. The third-order valence-electron chi connectivity index (χ3n) is 2.84. The molecular formula is C14H11BrF2O2. The van der Waals surface area contributed by atoms with Gasteiger partial charge in [-0.25, -0.2) is 8.78 Å². The van der Waals surface area contributed by atoms with Crippen LogP contribution in [-0.4, -0.2) is 5.78 Å². The van der Waals surface area contributed by atoms with E-state index in [9.17, 15) is 13.6 Å². The second kappa shape index (κ2) is 5.65. The highest BCUT2D eigenvalue weighted by atomic mass is 79.9. The highest BCUT2D eigenvalue weighted by molar-refractivity contribution is 9.10. The summed E-state index contributed by atoms with van der Waals surface area (Å²) >= 11 is 2.98. The molecule has 2 nitrogen and oxygen atoms in total. The number of rotatable bonds is 4. The van der Waals surface area contributed by atoms with Crippen molar-refractivity contribution in [3.8, 4) is 0 Å². The molecule has 5 heteroatoms. The van der Waals surface area contributed by atoms with Crippen LogP contribution in [0.1, 0.15) is 28.6 Å². The van der Waals surface area contributed by atoms with E-state index < -0.39 is 11.6 Å². The fraction of sp³-hybridized carbons (Fsp3) is 0.214. The molecule has 1 aromatic heterocycles. The van der Waals surface area contributed by atoms with E-state index in [2.05, 4.69) is 15.9 Å². The van der Waals surface area contributed by atoms with Crippen molar-refractivity contribution >= 4 is 21.7 Å². The Morgan fingerprint density at radius 3 is 2.74 bits per heavy atom. The topological polar surface area (TPSA) is 30.2 Å². The van der Waals surface area contributed by atoms with Gasteiger partial charge >= 0.3 is 0 Å². The second-order valence-corrected chi connectivity index (χ2v) is 4.89. The Hall–Kier alpha value is -1.49. The van der Waals surface area contributed by atoms with E-state index in [0.717, 1.165) is 6.07 Å². The van der Waals surface area contributed by atoms with E-state index in [1.54, 1.807) is 0 Å². The minimum Gasteiger partial charge on any atom is -0.469 e. The molecule has 100 valence electrons. The zero-order chi connectivity index (χ0) is 14.0. The molecule has 0 saturated carbocycles. The number of furan rings is 1. The molecule has 0 unspecified atom stereocenters. The number of aryl methyl sites for hydroxylation is 1. The summed E-state index contributed by atoms with van der Waals surface area (Å²) in [6, 6.07) is 3.93. The third kappa shape index (κ3) is 2.76. The van der Waals surface area contributed by atoms with Gasteiger partial charge in [0.1, 0.15) is 17.4 Å². The van der Waals surface area contributed by atoms with Crippen molar-refractivity contribution in [1.29, 1.82) is 0 Å². The van der Waals surface area contributed by atoms with Crippen LogP contribution in [-0.2, 0) is 12.8 Å². The van der Waals surface area contributed by atoms with Crippen LogP contribution in [0.2, 0.25) is 0 Å². The highest BCUT2D eigenvalue weighted by Gasteiger charge is 2.19. The first-order chi connectivity index (χ1) is 9.04. The summed E-state index contributed by atoms with van der Waals surface area (Å²) in [5.41, 5.74) is 0.143. The van der Waals surface area contributed by atoms with Crippen molar-refractivity contribution in [3.63, 3.8) is 0 Å². The summed E-state index contributed by atoms with van der Waals surface area (Å²) in [6.45, 7) is 1.84. The van der Waals surface area contributed by atoms with Crippen molar-refractivity contribution < 1.29 is 18.0 Å². The van der Waals surface area contributed by atoms with Crippen molar-refractivity contribution in [2.75, 3.05) is 0 Å². The van der Waals surface area contributed by atoms with Gasteiger partial charge in [0.2, 0.25) is 0 Å². The molecular weight excluding hydrogens is 318 g/mol. The van der Waals surface area contributed by atoms with Gasteiger partial charge in [0.05, 0.1) is 16.3 Å². The largest absolute Gasteiger partial charge is 0.469 e. The van der Waals surface area contributed by atoms with Crippen LogP contribution in [0.15, 0.2) is 33.4 Å². The maximum atomic E-state index is 13.8. The van der Waals surface area contributed by atoms with Crippen LogP contribution >= 0.6 is 15.9 Å². The molecule has 0 saturated heterocycles. The molecule has 2 rings (SSSR count). The van der Waals surface area contributed by atoms with E-state index in [4.69, 9.17) is 4.42 Å². The first-order valence-electron chi connectivity index (χ1n) is 5.76. The lowest BCUT2D eigenvalue weighted by atomic mass is 10.0. The van der Waals surface area contributed by atoms with Gasteiger partial charge in [-0.15, -0.1) is 0 Å². The van der Waals surface area contributed by atoms with Crippen molar-refractivity contribution in [1.82, 2.24) is 0 Å². The van der Waals surface area contributed by atoms with E-state index in [1.165, 1.54) is 18.4 Å². The molecule has 0 fully saturated rings. The van der Waals surface area contributed by atoms with Gasteiger partial charge in [-0.2, -0.15) is 0 Å². The monoisotopic (exact) mass is 328 g/mol. The quantitative estimate of drug-likeness (QED) is 0.618. The summed E-state index contributed by atoms with van der Waals surface area (Å²) < 4.78 is 32.6. The number of carbonyl (C=O) groups is 1. The van der Waals surface area contributed by atoms with E-state index in [-0.39, 0.29) is 22.2 Å². The molecule has 19 heavy (non-hydrogen) atoms. The molecule has 0 amide bonds. The number of hydrogen-bond donors (Lipinski definition) is 0. The lowest BCUT2D eigenvalue weighted by Crippen LogP contribution is -2.08. The SMILES string of the molecule is CCc1occc1C(=O)Cc1c(F)ccc(Br)c1F. The van der Waals surface area contributed by atoms with Gasteiger partial charge in [-0.1, -0.05) is 6.92 Å². The Labute approximate surface area is 117 Å². The number of benzene rings is 1. The summed E-state index contributed by atoms with van der Waals surface area (Å²) in [7, 11) is 0. The standard InChI is InChI=1S/C14H11BrF2O2/c1-2-13-8(5-6-19-13)12(18)7-9-11(16)4-3-10(15)14(9)17/h3-6H,2,7H2,1H3. The number of ketones is 1. The predicted octanol–water partition coefficient (Wildman–Crippen LogP) is 4.31. The van der Waals surface area contributed by atoms with Crippen LogP contribution in [0.3, 0.4) is 0 Å². The zero-order valence-electron chi connectivity index (χ0n) is 10.2. The van der Waals surface area contributed by atoms with Gasteiger partial charge in [0, 0.05) is 18.4 Å². The Balaban J connectivity index is 2.32. The summed E-state index contributed by atoms with van der Waals surface area (Å²) in [6.07, 6.45) is 1.63. The molecule has 0 aliphatic heterocycles. The molecule has 0 atom stereocenters. The summed E-state index contributed by atoms with van der Waals surface area (Å²) in [5, 5.41) is 0. The summed E-state index contributed by atoms with van der Waals surface area (Å²) in [5.74, 6) is -1.30. The minimum atomic E-state index is -0.741. The molecule has 2 aromatic rings. The lowest BCUT2D eigenvalue weighted by Gasteiger charge is -2.06. The molecule has 0 radical (unpaired) electrons. The Morgan fingerprint density at radius 1 is 1.32 bits per heavy atom. The second-order valence-electron chi connectivity index (χ2n) is 4.03. The Kier molecular flexibility index (Phi) is 4.14. The normalized spacial score (nSPS) is 10.7. The first-order valence-corrected chi connectivity index (χ1v) is 6.55. The van der Waals surface area contributed by atoms with E-state index >= 15 is 0 Å². The van der Waals surface area contributed by atoms with Gasteiger partial charge in [0.15, 0.2) is 5.78 Å². The molecule has 0 aliphatic rings. The van der Waals surface area contributed by atoms with Crippen molar-refractivity contribution in [3.05, 3.63) is 57.5 Å². The fourth-order valence-corrected chi connectivity index (χ4v) is 2.22. The molecule has 0 spiro atoms. The lowest BCUT2D eigenvalue weighted by molar-refractivity contribution is 0.0988. The minimum absolute atomic E-state index is 0.139. The average Bonchev–Trinajstić information content (AvgIpc) is 2.87. The fourth-order valence-electron chi connectivity index (χ4n) is 1.85. The number of halogens is 3. The predicted molar refractivity (Wildman–Crippen MR) is 70.2 cm³/mol. The molecule has 1 aromatic carbocycles. The smallest absolute Gasteiger partial charge is 0.170 e. The van der Waals surface area contributed by atoms with Crippen LogP contribution in [0.5, 0.6) is 0 Å². The molecule has 1 heterocycles. The maximum Gasteiger partial charge on any atom is 0.170 e. The first kappa shape index (κ1) is 13.9. The maximum absolute atomic E-state index is 13.8. The number of carbonyl (C=O) groups excluding carboxylic acids is 1. The zero-order valence-corrected chi connectivity index (χ0v) is 11.8. The van der Waals surface area contributed by atoms with Gasteiger partial charge in [-0.3, -0.25) is 4.79 Å². The van der Waals surface area contributed by atoms with Crippen LogP contribution in [0.25, 0.3) is 0 Å². The molecule has 0 N–H and O–H groups in total. The Morgan fingerprint density at radius 2 is 2.05 bits per heavy atom. The van der Waals surface area contributed by atoms with E-state index in [0.29, 0.717) is 17.7 Å². The Bertz CT molecular complexity index is 620. The van der Waals surface area contributed by atoms with Gasteiger partial charge in [0.25, 0.3) is 0 Å². The highest BCUT2D eigenvalue weighted by Crippen LogP contribution is 2.23. The van der Waals surface area contributed by atoms with Crippen LogP contribution in [0.4, 0.5) is 8.78 Å². The average molecular weight is 329 g/mol. The molecule has 0 bridgehead atoms. The van der Waals surface area contributed by atoms with Crippen LogP contribution < -0.4 is 0 Å². The van der Waals surface area contributed by atoms with Crippen LogP contribution in [0, 0.1) is 11.6 Å².